The van der Waals surface area contributed by atoms with Gasteiger partial charge < -0.3 is 4.74 Å². The van der Waals surface area contributed by atoms with E-state index in [1.807, 2.05) is 0 Å². The van der Waals surface area contributed by atoms with Crippen molar-refractivity contribution in [2.45, 2.75) is 13.2 Å². The number of carbonyl (C=O) groups excluding carboxylic acids is 2. The van der Waals surface area contributed by atoms with Gasteiger partial charge in [-0.3, -0.25) is 24.6 Å². The van der Waals surface area contributed by atoms with E-state index in [0.717, 1.165) is 22.2 Å². The fourth-order valence-electron chi connectivity index (χ4n) is 3.20. The zero-order valence-corrected chi connectivity index (χ0v) is 19.8. The van der Waals surface area contributed by atoms with Gasteiger partial charge in [0.05, 0.1) is 16.4 Å². The number of halogens is 2. The molecule has 172 valence electrons. The van der Waals surface area contributed by atoms with Crippen molar-refractivity contribution in [1.29, 1.82) is 0 Å². The first-order valence-corrected chi connectivity index (χ1v) is 11.5. The molecule has 2 amide bonds. The first-order valence-electron chi connectivity index (χ1n) is 9.96. The Labute approximate surface area is 209 Å². The molecule has 0 atom stereocenters. The molecule has 0 unspecified atom stereocenters. The maximum atomic E-state index is 12.9. The molecule has 4 rings (SSSR count). The number of carbonyl (C=O) groups is 2. The van der Waals surface area contributed by atoms with Crippen LogP contribution in [0.2, 0.25) is 10.0 Å². The summed E-state index contributed by atoms with van der Waals surface area (Å²) in [7, 11) is 0. The fraction of sp³-hybridized carbons (Fsp3) is 0.0833. The van der Waals surface area contributed by atoms with Gasteiger partial charge in [-0.15, -0.1) is 0 Å². The second-order valence-corrected chi connectivity index (χ2v) is 9.06. The molecule has 10 heteroatoms. The van der Waals surface area contributed by atoms with Crippen molar-refractivity contribution in [3.63, 3.8) is 0 Å². The van der Waals surface area contributed by atoms with Crippen LogP contribution in [0.3, 0.4) is 0 Å². The summed E-state index contributed by atoms with van der Waals surface area (Å²) in [6.07, 6.45) is 1.62. The molecule has 0 N–H and O–H groups in total. The summed E-state index contributed by atoms with van der Waals surface area (Å²) in [5.74, 6) is 0.123. The van der Waals surface area contributed by atoms with E-state index in [-0.39, 0.29) is 23.7 Å². The largest absolute Gasteiger partial charge is 0.489 e. The minimum absolute atomic E-state index is 0.0106. The third-order valence-electron chi connectivity index (χ3n) is 4.96. The van der Waals surface area contributed by atoms with Crippen LogP contribution in [0.4, 0.5) is 10.5 Å². The van der Waals surface area contributed by atoms with Gasteiger partial charge >= 0.3 is 0 Å². The van der Waals surface area contributed by atoms with Crippen molar-refractivity contribution in [1.82, 2.24) is 4.90 Å². The highest BCUT2D eigenvalue weighted by Gasteiger charge is 2.35. The average Bonchev–Trinajstić information content (AvgIpc) is 3.07. The highest BCUT2D eigenvalue weighted by molar-refractivity contribution is 8.18. The van der Waals surface area contributed by atoms with Crippen molar-refractivity contribution in [3.05, 3.63) is 108 Å². The lowest BCUT2D eigenvalue weighted by Gasteiger charge is -2.14. The highest BCUT2D eigenvalue weighted by atomic mass is 35.5. The Morgan fingerprint density at radius 2 is 1.68 bits per heavy atom. The number of non-ortho nitro benzene ring substituents is 1. The summed E-state index contributed by atoms with van der Waals surface area (Å²) in [6.45, 7) is 0.204. The van der Waals surface area contributed by atoms with Gasteiger partial charge in [-0.25, -0.2) is 0 Å². The Morgan fingerprint density at radius 1 is 1.00 bits per heavy atom. The molecule has 1 aliphatic rings. The van der Waals surface area contributed by atoms with E-state index in [1.165, 1.54) is 12.1 Å². The molecule has 7 nitrogen and oxygen atoms in total. The van der Waals surface area contributed by atoms with E-state index in [4.69, 9.17) is 27.9 Å². The number of imide groups is 1. The number of thioether (sulfide) groups is 1. The fourth-order valence-corrected chi connectivity index (χ4v) is 4.56. The second kappa shape index (κ2) is 10.3. The second-order valence-electron chi connectivity index (χ2n) is 7.25. The Hall–Kier alpha value is -3.33. The smallest absolute Gasteiger partial charge is 0.293 e. The third kappa shape index (κ3) is 5.41. The molecule has 3 aromatic carbocycles. The number of nitro groups is 1. The molecule has 0 saturated carbocycles. The molecule has 0 spiro atoms. The van der Waals surface area contributed by atoms with E-state index in [1.54, 1.807) is 60.7 Å². The third-order valence-corrected chi connectivity index (χ3v) is 6.58. The topological polar surface area (TPSA) is 89.7 Å². The number of hydrogen-bond acceptors (Lipinski definition) is 6. The molecule has 34 heavy (non-hydrogen) atoms. The zero-order valence-electron chi connectivity index (χ0n) is 17.4. The normalized spacial score (nSPS) is 14.6. The predicted molar refractivity (Wildman–Crippen MR) is 132 cm³/mol. The van der Waals surface area contributed by atoms with Crippen LogP contribution >= 0.6 is 35.0 Å². The lowest BCUT2D eigenvalue weighted by Crippen LogP contribution is -2.27. The molecular formula is C24H16Cl2N2O5S. The number of ether oxygens (including phenoxy) is 1. The van der Waals surface area contributed by atoms with Gasteiger partial charge in [0, 0.05) is 27.7 Å². The molecule has 1 fully saturated rings. The van der Waals surface area contributed by atoms with Crippen LogP contribution in [-0.4, -0.2) is 21.0 Å². The van der Waals surface area contributed by atoms with Crippen molar-refractivity contribution >= 4 is 57.9 Å². The van der Waals surface area contributed by atoms with Gasteiger partial charge in [-0.1, -0.05) is 41.4 Å². The Bertz CT molecular complexity index is 1290. The summed E-state index contributed by atoms with van der Waals surface area (Å²) >= 11 is 13.2. The summed E-state index contributed by atoms with van der Waals surface area (Å²) in [5.41, 5.74) is 1.98. The predicted octanol–water partition coefficient (Wildman–Crippen LogP) is 6.72. The summed E-state index contributed by atoms with van der Waals surface area (Å²) in [6, 6.07) is 18.1. The monoisotopic (exact) mass is 514 g/mol. The van der Waals surface area contributed by atoms with E-state index < -0.39 is 16.1 Å². The number of rotatable bonds is 7. The molecular weight excluding hydrogens is 499 g/mol. The minimum atomic E-state index is -0.459. The van der Waals surface area contributed by atoms with Crippen molar-refractivity contribution in [3.8, 4) is 5.75 Å². The van der Waals surface area contributed by atoms with Crippen LogP contribution in [0, 0.1) is 10.1 Å². The van der Waals surface area contributed by atoms with Crippen LogP contribution in [-0.2, 0) is 17.9 Å². The molecule has 0 aromatic heterocycles. The van der Waals surface area contributed by atoms with Crippen LogP contribution < -0.4 is 4.74 Å². The standard InChI is InChI=1S/C24H16Cl2N2O5S/c25-20-5-2-6-21(26)19(20)13-27-23(29)22(34-24(27)30)12-16-3-1-4-18(11-16)33-14-15-7-9-17(10-8-15)28(31)32/h1-12H,13-14H2/b22-12-. The maximum Gasteiger partial charge on any atom is 0.293 e. The minimum Gasteiger partial charge on any atom is -0.489 e. The van der Waals surface area contributed by atoms with Gasteiger partial charge in [0.15, 0.2) is 0 Å². The van der Waals surface area contributed by atoms with Gasteiger partial charge in [0.25, 0.3) is 16.8 Å². The number of amides is 2. The lowest BCUT2D eigenvalue weighted by atomic mass is 10.2. The molecule has 1 heterocycles. The molecule has 0 aliphatic carbocycles. The number of benzene rings is 3. The SMILES string of the molecule is O=C1S/C(=C\c2cccc(OCc3ccc([N+](=O)[O-])cc3)c2)C(=O)N1Cc1c(Cl)cccc1Cl. The van der Waals surface area contributed by atoms with Crippen molar-refractivity contribution in [2.75, 3.05) is 0 Å². The lowest BCUT2D eigenvalue weighted by molar-refractivity contribution is -0.384. The summed E-state index contributed by atoms with van der Waals surface area (Å²) < 4.78 is 5.77. The molecule has 0 radical (unpaired) electrons. The van der Waals surface area contributed by atoms with E-state index >= 15 is 0 Å². The quantitative estimate of drug-likeness (QED) is 0.197. The molecule has 1 saturated heterocycles. The highest BCUT2D eigenvalue weighted by Crippen LogP contribution is 2.36. The van der Waals surface area contributed by atoms with Gasteiger partial charge in [-0.05, 0) is 65.4 Å². The maximum absolute atomic E-state index is 12.9. The Morgan fingerprint density at radius 3 is 2.35 bits per heavy atom. The van der Waals surface area contributed by atoms with Crippen LogP contribution in [0.25, 0.3) is 6.08 Å². The number of nitrogens with zero attached hydrogens (tertiary/aromatic N) is 2. The summed E-state index contributed by atoms with van der Waals surface area (Å²) in [4.78, 5) is 37.0. The van der Waals surface area contributed by atoms with E-state index in [0.29, 0.717) is 26.9 Å². The van der Waals surface area contributed by atoms with Crippen LogP contribution in [0.1, 0.15) is 16.7 Å². The summed E-state index contributed by atoms with van der Waals surface area (Å²) in [5, 5.41) is 11.1. The first kappa shape index (κ1) is 23.8. The van der Waals surface area contributed by atoms with Gasteiger partial charge in [-0.2, -0.15) is 0 Å². The molecule has 3 aromatic rings. The molecule has 1 aliphatic heterocycles. The Balaban J connectivity index is 1.45. The number of hydrogen-bond donors (Lipinski definition) is 0. The van der Waals surface area contributed by atoms with Gasteiger partial charge in [0.2, 0.25) is 0 Å². The van der Waals surface area contributed by atoms with Crippen LogP contribution in [0.5, 0.6) is 5.75 Å². The average molecular weight is 515 g/mol. The Kier molecular flexibility index (Phi) is 7.21. The van der Waals surface area contributed by atoms with Crippen molar-refractivity contribution < 1.29 is 19.2 Å². The van der Waals surface area contributed by atoms with E-state index in [9.17, 15) is 19.7 Å². The van der Waals surface area contributed by atoms with Crippen LogP contribution in [0.15, 0.2) is 71.6 Å². The first-order chi connectivity index (χ1) is 16.3. The number of nitro benzene ring substituents is 1. The van der Waals surface area contributed by atoms with E-state index in [2.05, 4.69) is 0 Å². The van der Waals surface area contributed by atoms with Crippen molar-refractivity contribution in [2.24, 2.45) is 0 Å². The van der Waals surface area contributed by atoms with Gasteiger partial charge in [0.1, 0.15) is 12.4 Å². The zero-order chi connectivity index (χ0) is 24.2. The molecule has 0 bridgehead atoms.